The molecule has 0 spiro atoms. The molecule has 2 aromatic rings. The molecule has 1 aliphatic rings. The maximum absolute atomic E-state index is 11.5. The van der Waals surface area contributed by atoms with Gasteiger partial charge in [0.25, 0.3) is 0 Å². The highest BCUT2D eigenvalue weighted by molar-refractivity contribution is 5.99. The Balaban J connectivity index is 1.70. The third-order valence-corrected chi connectivity index (χ3v) is 3.25. The molecule has 20 heavy (non-hydrogen) atoms. The zero-order chi connectivity index (χ0) is 13.9. The molecule has 0 aliphatic heterocycles. The van der Waals surface area contributed by atoms with E-state index >= 15 is 0 Å². The third-order valence-electron chi connectivity index (χ3n) is 3.25. The number of carbonyl (C=O) groups excluding carboxylic acids is 1. The summed E-state index contributed by atoms with van der Waals surface area (Å²) >= 11 is 0. The zero-order valence-corrected chi connectivity index (χ0v) is 11.2. The highest BCUT2D eigenvalue weighted by atomic mass is 16.2. The molecule has 1 amide bonds. The second-order valence-corrected chi connectivity index (χ2v) is 4.83. The molecule has 0 saturated heterocycles. The number of rotatable bonds is 4. The molecule has 1 aliphatic carbocycles. The molecule has 0 unspecified atom stereocenters. The van der Waals surface area contributed by atoms with Gasteiger partial charge in [-0.05, 0) is 37.5 Å². The maximum atomic E-state index is 11.5. The van der Waals surface area contributed by atoms with Crippen molar-refractivity contribution in [3.05, 3.63) is 42.5 Å². The van der Waals surface area contributed by atoms with Crippen LogP contribution in [0.25, 0.3) is 5.69 Å². The molecule has 1 aromatic carbocycles. The average molecular weight is 269 g/mol. The van der Waals surface area contributed by atoms with E-state index in [9.17, 15) is 4.79 Å². The van der Waals surface area contributed by atoms with Crippen LogP contribution in [0.2, 0.25) is 0 Å². The summed E-state index contributed by atoms with van der Waals surface area (Å²) in [5.41, 5.74) is 5.28. The van der Waals surface area contributed by atoms with E-state index in [2.05, 4.69) is 20.6 Å². The number of hydrogen-bond acceptors (Lipinski definition) is 4. The van der Waals surface area contributed by atoms with E-state index in [0.29, 0.717) is 0 Å². The molecule has 1 heterocycles. The van der Waals surface area contributed by atoms with Crippen LogP contribution in [-0.2, 0) is 4.79 Å². The van der Waals surface area contributed by atoms with Gasteiger partial charge < -0.3 is 0 Å². The quantitative estimate of drug-likeness (QED) is 0.675. The predicted molar refractivity (Wildman–Crippen MR) is 74.4 cm³/mol. The van der Waals surface area contributed by atoms with Crippen LogP contribution < -0.4 is 5.43 Å². The van der Waals surface area contributed by atoms with Gasteiger partial charge in [-0.25, -0.2) is 15.1 Å². The Bertz CT molecular complexity index is 626. The Labute approximate surface area is 116 Å². The number of hydrogen-bond donors (Lipinski definition) is 1. The van der Waals surface area contributed by atoms with Crippen molar-refractivity contribution in [2.24, 2.45) is 11.0 Å². The van der Waals surface area contributed by atoms with E-state index in [4.69, 9.17) is 0 Å². The van der Waals surface area contributed by atoms with Gasteiger partial charge in [-0.2, -0.15) is 10.2 Å². The fourth-order valence-corrected chi connectivity index (χ4v) is 1.84. The van der Waals surface area contributed by atoms with E-state index in [-0.39, 0.29) is 11.8 Å². The lowest BCUT2D eigenvalue weighted by molar-refractivity contribution is -0.122. The molecule has 0 atom stereocenters. The van der Waals surface area contributed by atoms with Crippen LogP contribution in [0.4, 0.5) is 0 Å². The highest BCUT2D eigenvalue weighted by Gasteiger charge is 2.29. The Morgan fingerprint density at radius 3 is 2.70 bits per heavy atom. The summed E-state index contributed by atoms with van der Waals surface area (Å²) in [4.78, 5) is 15.4. The van der Waals surface area contributed by atoms with Crippen molar-refractivity contribution < 1.29 is 4.79 Å². The van der Waals surface area contributed by atoms with Gasteiger partial charge >= 0.3 is 0 Å². The van der Waals surface area contributed by atoms with Crippen LogP contribution in [0, 0.1) is 5.92 Å². The van der Waals surface area contributed by atoms with Crippen molar-refractivity contribution in [3.8, 4) is 5.69 Å². The van der Waals surface area contributed by atoms with Crippen LogP contribution in [-0.4, -0.2) is 26.4 Å². The van der Waals surface area contributed by atoms with E-state index in [0.717, 1.165) is 29.8 Å². The number of carbonyl (C=O) groups is 1. The number of aromatic nitrogens is 3. The second kappa shape index (κ2) is 5.24. The topological polar surface area (TPSA) is 72.2 Å². The smallest absolute Gasteiger partial charge is 0.243 e. The SMILES string of the molecule is CC(=NNC(=O)C1CC1)c1ccc(-n2cncn2)cc1. The standard InChI is InChI=1S/C14H15N5O/c1-10(17-18-14(20)12-2-3-12)11-4-6-13(7-5-11)19-9-15-8-16-19/h4-9,12H,2-3H2,1H3,(H,18,20). The summed E-state index contributed by atoms with van der Waals surface area (Å²) in [7, 11) is 0. The molecule has 6 heteroatoms. The summed E-state index contributed by atoms with van der Waals surface area (Å²) in [5, 5.41) is 8.20. The molecule has 1 aromatic heterocycles. The Morgan fingerprint density at radius 2 is 2.10 bits per heavy atom. The molecule has 1 fully saturated rings. The highest BCUT2D eigenvalue weighted by Crippen LogP contribution is 2.28. The summed E-state index contributed by atoms with van der Waals surface area (Å²) < 4.78 is 1.69. The van der Waals surface area contributed by atoms with Crippen molar-refractivity contribution in [2.45, 2.75) is 19.8 Å². The van der Waals surface area contributed by atoms with Gasteiger partial charge in [0, 0.05) is 5.92 Å². The normalized spacial score (nSPS) is 15.2. The predicted octanol–water partition coefficient (Wildman–Crippen LogP) is 1.52. The maximum Gasteiger partial charge on any atom is 0.243 e. The van der Waals surface area contributed by atoms with Crippen molar-refractivity contribution in [1.29, 1.82) is 0 Å². The Kier molecular flexibility index (Phi) is 3.28. The van der Waals surface area contributed by atoms with E-state index in [1.165, 1.54) is 6.33 Å². The first-order chi connectivity index (χ1) is 9.74. The lowest BCUT2D eigenvalue weighted by Crippen LogP contribution is -2.20. The number of amides is 1. The van der Waals surface area contributed by atoms with Gasteiger partial charge in [0.2, 0.25) is 5.91 Å². The molecular weight excluding hydrogens is 254 g/mol. The number of hydrazone groups is 1. The monoisotopic (exact) mass is 269 g/mol. The van der Waals surface area contributed by atoms with Crippen molar-refractivity contribution in [2.75, 3.05) is 0 Å². The molecule has 1 N–H and O–H groups in total. The van der Waals surface area contributed by atoms with Crippen LogP contribution >= 0.6 is 0 Å². The van der Waals surface area contributed by atoms with Crippen molar-refractivity contribution >= 4 is 11.6 Å². The largest absolute Gasteiger partial charge is 0.273 e. The minimum atomic E-state index is 0.0172. The average Bonchev–Trinajstić information content (AvgIpc) is 3.19. The molecular formula is C14H15N5O. The Morgan fingerprint density at radius 1 is 1.35 bits per heavy atom. The molecule has 0 radical (unpaired) electrons. The van der Waals surface area contributed by atoms with E-state index < -0.39 is 0 Å². The molecule has 0 bridgehead atoms. The van der Waals surface area contributed by atoms with Gasteiger partial charge in [-0.15, -0.1) is 0 Å². The van der Waals surface area contributed by atoms with Crippen LogP contribution in [0.15, 0.2) is 42.0 Å². The zero-order valence-electron chi connectivity index (χ0n) is 11.2. The number of nitrogens with one attached hydrogen (secondary N) is 1. The lowest BCUT2D eigenvalue weighted by atomic mass is 10.1. The van der Waals surface area contributed by atoms with E-state index in [1.807, 2.05) is 31.2 Å². The number of nitrogens with zero attached hydrogens (tertiary/aromatic N) is 4. The molecule has 6 nitrogen and oxygen atoms in total. The first kappa shape index (κ1) is 12.5. The van der Waals surface area contributed by atoms with Gasteiger partial charge in [-0.1, -0.05) is 12.1 Å². The van der Waals surface area contributed by atoms with Gasteiger partial charge in [0.05, 0.1) is 11.4 Å². The Hall–Kier alpha value is -2.50. The molecule has 102 valence electrons. The summed E-state index contributed by atoms with van der Waals surface area (Å²) in [6.45, 7) is 1.87. The fourth-order valence-electron chi connectivity index (χ4n) is 1.84. The van der Waals surface area contributed by atoms with Gasteiger partial charge in [0.15, 0.2) is 0 Å². The fraction of sp³-hybridized carbons (Fsp3) is 0.286. The molecule has 1 saturated carbocycles. The van der Waals surface area contributed by atoms with Crippen LogP contribution in [0.5, 0.6) is 0 Å². The lowest BCUT2D eigenvalue weighted by Gasteiger charge is -2.04. The minimum absolute atomic E-state index is 0.0172. The van der Waals surface area contributed by atoms with Crippen molar-refractivity contribution in [1.82, 2.24) is 20.2 Å². The third kappa shape index (κ3) is 2.74. The summed E-state index contributed by atoms with van der Waals surface area (Å²) in [5.74, 6) is 0.185. The van der Waals surface area contributed by atoms with Crippen LogP contribution in [0.3, 0.4) is 0 Å². The minimum Gasteiger partial charge on any atom is -0.273 e. The van der Waals surface area contributed by atoms with E-state index in [1.54, 1.807) is 11.0 Å². The van der Waals surface area contributed by atoms with Gasteiger partial charge in [-0.3, -0.25) is 4.79 Å². The first-order valence-electron chi connectivity index (χ1n) is 6.53. The number of benzene rings is 1. The van der Waals surface area contributed by atoms with Gasteiger partial charge in [0.1, 0.15) is 12.7 Å². The van der Waals surface area contributed by atoms with Crippen molar-refractivity contribution in [3.63, 3.8) is 0 Å². The second-order valence-electron chi connectivity index (χ2n) is 4.83. The summed E-state index contributed by atoms with van der Waals surface area (Å²) in [6, 6.07) is 7.76. The summed E-state index contributed by atoms with van der Waals surface area (Å²) in [6.07, 6.45) is 5.10. The van der Waals surface area contributed by atoms with Crippen LogP contribution in [0.1, 0.15) is 25.3 Å². The molecule has 3 rings (SSSR count). The first-order valence-corrected chi connectivity index (χ1v) is 6.53.